The zero-order chi connectivity index (χ0) is 13.4. The predicted molar refractivity (Wildman–Crippen MR) is 73.2 cm³/mol. The van der Waals surface area contributed by atoms with Gasteiger partial charge in [0.2, 0.25) is 11.2 Å². The summed E-state index contributed by atoms with van der Waals surface area (Å²) in [5, 5.41) is 0.930. The maximum atomic E-state index is 6.03. The number of H-pyrrole nitrogens is 1. The monoisotopic (exact) mass is 314 g/mol. The van der Waals surface area contributed by atoms with E-state index in [0.717, 1.165) is 0 Å². The molecule has 19 heavy (non-hydrogen) atoms. The molecule has 96 valence electrons. The van der Waals surface area contributed by atoms with Crippen LogP contribution in [-0.2, 0) is 0 Å². The van der Waals surface area contributed by atoms with Crippen LogP contribution < -0.4 is 4.74 Å². The SMILES string of the molecule is Clc1ccc(Oc2nc(Cl)nc3nc[nH]c23)c(Cl)c1. The normalized spacial score (nSPS) is 10.9. The van der Waals surface area contributed by atoms with Crippen LogP contribution in [-0.4, -0.2) is 19.9 Å². The molecular weight excluding hydrogens is 311 g/mol. The Kier molecular flexibility index (Phi) is 3.18. The summed E-state index contributed by atoms with van der Waals surface area (Å²) in [5.41, 5.74) is 0.954. The fourth-order valence-corrected chi connectivity index (χ4v) is 2.12. The first-order valence-electron chi connectivity index (χ1n) is 5.13. The van der Waals surface area contributed by atoms with Crippen LogP contribution in [0.3, 0.4) is 0 Å². The number of benzene rings is 1. The lowest BCUT2D eigenvalue weighted by atomic mass is 10.3. The number of ether oxygens (including phenoxy) is 1. The van der Waals surface area contributed by atoms with Gasteiger partial charge in [0.1, 0.15) is 11.3 Å². The fourth-order valence-electron chi connectivity index (χ4n) is 1.52. The Labute approximate surface area is 122 Å². The van der Waals surface area contributed by atoms with Gasteiger partial charge in [-0.05, 0) is 29.8 Å². The van der Waals surface area contributed by atoms with Crippen molar-refractivity contribution in [3.8, 4) is 11.6 Å². The lowest BCUT2D eigenvalue weighted by molar-refractivity contribution is 0.467. The summed E-state index contributed by atoms with van der Waals surface area (Å²) >= 11 is 17.7. The number of fused-ring (bicyclic) bond motifs is 1. The standard InChI is InChI=1S/C11H5Cl3N4O/c12-5-1-2-7(6(13)3-5)19-10-8-9(16-4-15-8)17-11(14)18-10/h1-4H,(H,15,16,17,18). The molecule has 1 N–H and O–H groups in total. The highest BCUT2D eigenvalue weighted by Gasteiger charge is 2.12. The second-order valence-electron chi connectivity index (χ2n) is 3.58. The number of imidazole rings is 1. The summed E-state index contributed by atoms with van der Waals surface area (Å²) in [6.07, 6.45) is 1.48. The Balaban J connectivity index is 2.07. The number of nitrogens with zero attached hydrogens (tertiary/aromatic N) is 3. The van der Waals surface area contributed by atoms with Crippen molar-refractivity contribution in [1.82, 2.24) is 19.9 Å². The first-order chi connectivity index (χ1) is 9.13. The zero-order valence-corrected chi connectivity index (χ0v) is 11.5. The van der Waals surface area contributed by atoms with Crippen LogP contribution >= 0.6 is 34.8 Å². The Morgan fingerprint density at radius 2 is 1.95 bits per heavy atom. The van der Waals surface area contributed by atoms with E-state index in [4.69, 9.17) is 39.5 Å². The van der Waals surface area contributed by atoms with Gasteiger partial charge in [0.15, 0.2) is 5.65 Å². The van der Waals surface area contributed by atoms with Crippen LogP contribution in [0.1, 0.15) is 0 Å². The van der Waals surface area contributed by atoms with Crippen molar-refractivity contribution in [2.24, 2.45) is 0 Å². The van der Waals surface area contributed by atoms with E-state index in [-0.39, 0.29) is 11.2 Å². The number of hydrogen-bond acceptors (Lipinski definition) is 4. The van der Waals surface area contributed by atoms with Gasteiger partial charge in [-0.2, -0.15) is 9.97 Å². The van der Waals surface area contributed by atoms with Crippen LogP contribution in [0, 0.1) is 0 Å². The average molecular weight is 316 g/mol. The van der Waals surface area contributed by atoms with Crippen LogP contribution in [0.4, 0.5) is 0 Å². The van der Waals surface area contributed by atoms with Gasteiger partial charge in [-0.3, -0.25) is 0 Å². The third kappa shape index (κ3) is 2.45. The van der Waals surface area contributed by atoms with Crippen molar-refractivity contribution >= 4 is 46.0 Å². The fraction of sp³-hybridized carbons (Fsp3) is 0. The number of aromatic amines is 1. The van der Waals surface area contributed by atoms with Crippen LogP contribution in [0.15, 0.2) is 24.5 Å². The average Bonchev–Trinajstić information content (AvgIpc) is 2.80. The summed E-state index contributed by atoms with van der Waals surface area (Å²) in [5.74, 6) is 0.661. The number of aromatic nitrogens is 4. The Hall–Kier alpha value is -1.56. The van der Waals surface area contributed by atoms with Gasteiger partial charge in [0.25, 0.3) is 0 Å². The van der Waals surface area contributed by atoms with Crippen molar-refractivity contribution < 1.29 is 4.74 Å². The number of nitrogens with one attached hydrogen (secondary N) is 1. The van der Waals surface area contributed by atoms with E-state index >= 15 is 0 Å². The van der Waals surface area contributed by atoms with E-state index in [0.29, 0.717) is 27.0 Å². The summed E-state index contributed by atoms with van der Waals surface area (Å²) in [6.45, 7) is 0. The Bertz CT molecular complexity index is 759. The molecule has 0 atom stereocenters. The topological polar surface area (TPSA) is 63.7 Å². The highest BCUT2D eigenvalue weighted by Crippen LogP contribution is 2.33. The van der Waals surface area contributed by atoms with Gasteiger partial charge in [0.05, 0.1) is 11.3 Å². The van der Waals surface area contributed by atoms with Crippen molar-refractivity contribution in [2.75, 3.05) is 0 Å². The van der Waals surface area contributed by atoms with Gasteiger partial charge in [-0.15, -0.1) is 0 Å². The quantitative estimate of drug-likeness (QED) is 0.723. The molecular formula is C11H5Cl3N4O. The predicted octanol–water partition coefficient (Wildman–Crippen LogP) is 4.11. The van der Waals surface area contributed by atoms with Crippen molar-refractivity contribution in [2.45, 2.75) is 0 Å². The van der Waals surface area contributed by atoms with Gasteiger partial charge < -0.3 is 9.72 Å². The van der Waals surface area contributed by atoms with E-state index in [9.17, 15) is 0 Å². The molecule has 0 saturated carbocycles. The molecule has 0 unspecified atom stereocenters. The molecule has 0 fully saturated rings. The lowest BCUT2D eigenvalue weighted by Gasteiger charge is -2.07. The number of rotatable bonds is 2. The molecule has 0 bridgehead atoms. The number of hydrogen-bond donors (Lipinski definition) is 1. The zero-order valence-electron chi connectivity index (χ0n) is 9.19. The second kappa shape index (κ2) is 4.85. The largest absolute Gasteiger partial charge is 0.435 e. The van der Waals surface area contributed by atoms with Crippen LogP contribution in [0.5, 0.6) is 11.6 Å². The molecule has 0 spiro atoms. The molecule has 2 heterocycles. The van der Waals surface area contributed by atoms with Gasteiger partial charge >= 0.3 is 0 Å². The molecule has 0 aliphatic heterocycles. The first kappa shape index (κ1) is 12.5. The molecule has 0 amide bonds. The molecule has 0 aliphatic carbocycles. The molecule has 0 radical (unpaired) electrons. The molecule has 5 nitrogen and oxygen atoms in total. The van der Waals surface area contributed by atoms with Crippen LogP contribution in [0.2, 0.25) is 15.3 Å². The smallest absolute Gasteiger partial charge is 0.250 e. The minimum absolute atomic E-state index is 0.0414. The highest BCUT2D eigenvalue weighted by molar-refractivity contribution is 6.35. The molecule has 3 rings (SSSR count). The van der Waals surface area contributed by atoms with Crippen molar-refractivity contribution in [3.63, 3.8) is 0 Å². The Morgan fingerprint density at radius 3 is 2.74 bits per heavy atom. The molecule has 2 aromatic heterocycles. The minimum Gasteiger partial charge on any atom is -0.435 e. The molecule has 8 heteroatoms. The highest BCUT2D eigenvalue weighted by atomic mass is 35.5. The molecule has 1 aromatic carbocycles. The molecule has 0 saturated heterocycles. The number of halogens is 3. The maximum Gasteiger partial charge on any atom is 0.250 e. The summed E-state index contributed by atoms with van der Waals surface area (Å²) in [6, 6.07) is 4.88. The minimum atomic E-state index is 0.0414. The second-order valence-corrected chi connectivity index (χ2v) is 4.76. The first-order valence-corrected chi connectivity index (χ1v) is 6.26. The summed E-state index contributed by atoms with van der Waals surface area (Å²) < 4.78 is 5.62. The maximum absolute atomic E-state index is 6.03. The third-order valence-electron chi connectivity index (χ3n) is 2.33. The van der Waals surface area contributed by atoms with E-state index in [1.807, 2.05) is 0 Å². The van der Waals surface area contributed by atoms with E-state index in [2.05, 4.69) is 19.9 Å². The Morgan fingerprint density at radius 1 is 1.11 bits per heavy atom. The van der Waals surface area contributed by atoms with Crippen molar-refractivity contribution in [1.29, 1.82) is 0 Å². The molecule has 0 aliphatic rings. The summed E-state index contributed by atoms with van der Waals surface area (Å²) in [4.78, 5) is 14.8. The van der Waals surface area contributed by atoms with Gasteiger partial charge in [0, 0.05) is 5.02 Å². The van der Waals surface area contributed by atoms with Crippen LogP contribution in [0.25, 0.3) is 11.2 Å². The van der Waals surface area contributed by atoms with Gasteiger partial charge in [-0.1, -0.05) is 23.2 Å². The van der Waals surface area contributed by atoms with E-state index in [1.54, 1.807) is 18.2 Å². The van der Waals surface area contributed by atoms with Crippen molar-refractivity contribution in [3.05, 3.63) is 39.9 Å². The van der Waals surface area contributed by atoms with Gasteiger partial charge in [-0.25, -0.2) is 4.98 Å². The van der Waals surface area contributed by atoms with E-state index in [1.165, 1.54) is 6.33 Å². The summed E-state index contributed by atoms with van der Waals surface area (Å²) in [7, 11) is 0. The van der Waals surface area contributed by atoms with E-state index < -0.39 is 0 Å². The molecule has 3 aromatic rings. The lowest BCUT2D eigenvalue weighted by Crippen LogP contribution is -1.93. The third-order valence-corrected chi connectivity index (χ3v) is 3.03.